The summed E-state index contributed by atoms with van der Waals surface area (Å²) in [5.41, 5.74) is 1.95. The Morgan fingerprint density at radius 2 is 2.00 bits per heavy atom. The number of hydrogen-bond donors (Lipinski definition) is 0. The maximum atomic E-state index is 6.27. The third kappa shape index (κ3) is 3.05. The van der Waals surface area contributed by atoms with Crippen LogP contribution in [0.15, 0.2) is 18.2 Å². The van der Waals surface area contributed by atoms with Crippen LogP contribution in [0.25, 0.3) is 11.0 Å². The number of alkyl halides is 1. The van der Waals surface area contributed by atoms with Crippen LogP contribution in [0.2, 0.25) is 5.02 Å². The Hall–Kier alpha value is -0.770. The van der Waals surface area contributed by atoms with Crippen LogP contribution >= 0.6 is 23.2 Å². The van der Waals surface area contributed by atoms with Gasteiger partial charge >= 0.3 is 0 Å². The van der Waals surface area contributed by atoms with Gasteiger partial charge < -0.3 is 9.47 Å². The van der Waals surface area contributed by atoms with Crippen LogP contribution in [-0.4, -0.2) is 34.1 Å². The molecule has 1 aliphatic rings. The number of para-hydroxylation sites is 1. The molecule has 21 heavy (non-hydrogen) atoms. The number of piperidine rings is 1. The quantitative estimate of drug-likeness (QED) is 0.773. The Morgan fingerprint density at radius 3 is 2.71 bits per heavy atom. The first kappa shape index (κ1) is 15.1. The van der Waals surface area contributed by atoms with E-state index >= 15 is 0 Å². The molecule has 0 N–H and O–H groups in total. The zero-order chi connectivity index (χ0) is 14.8. The van der Waals surface area contributed by atoms with Gasteiger partial charge in [0.1, 0.15) is 11.3 Å². The molecule has 1 aromatic carbocycles. The second-order valence-corrected chi connectivity index (χ2v) is 6.52. The summed E-state index contributed by atoms with van der Waals surface area (Å²) in [6.45, 7) is 5.69. The third-order valence-corrected chi connectivity index (χ3v) is 4.82. The fraction of sp³-hybridized carbons (Fsp3) is 0.562. The Labute approximate surface area is 135 Å². The zero-order valence-electron chi connectivity index (χ0n) is 12.4. The Bertz CT molecular complexity index is 617. The largest absolute Gasteiger partial charge is 0.323 e. The number of rotatable bonds is 4. The Kier molecular flexibility index (Phi) is 4.72. The molecule has 0 bridgehead atoms. The number of aromatic nitrogens is 2. The van der Waals surface area contributed by atoms with Gasteiger partial charge in [-0.2, -0.15) is 0 Å². The molecule has 2 heterocycles. The summed E-state index contributed by atoms with van der Waals surface area (Å²) >= 11 is 12.4. The average Bonchev–Trinajstić information content (AvgIpc) is 2.88. The van der Waals surface area contributed by atoms with Gasteiger partial charge in [0.05, 0.1) is 16.4 Å². The predicted molar refractivity (Wildman–Crippen MR) is 89.3 cm³/mol. The van der Waals surface area contributed by atoms with Crippen LogP contribution in [0.4, 0.5) is 0 Å². The zero-order valence-corrected chi connectivity index (χ0v) is 13.9. The van der Waals surface area contributed by atoms with E-state index in [1.807, 2.05) is 12.1 Å². The summed E-state index contributed by atoms with van der Waals surface area (Å²) < 4.78 is 2.25. The van der Waals surface area contributed by atoms with E-state index in [9.17, 15) is 0 Å². The second-order valence-electron chi connectivity index (χ2n) is 5.85. The first-order chi connectivity index (χ1) is 10.2. The van der Waals surface area contributed by atoms with E-state index in [-0.39, 0.29) is 0 Å². The molecule has 2 aromatic rings. The minimum Gasteiger partial charge on any atom is -0.323 e. The SMILES string of the molecule is CC(CN1CCCCC1)n1c(CCl)nc2c(Cl)cccc21. The molecule has 0 radical (unpaired) electrons. The molecule has 3 rings (SSSR count). The van der Waals surface area contributed by atoms with Crippen LogP contribution in [-0.2, 0) is 5.88 Å². The number of hydrogen-bond acceptors (Lipinski definition) is 2. The lowest BCUT2D eigenvalue weighted by atomic mass is 10.1. The van der Waals surface area contributed by atoms with Crippen molar-refractivity contribution in [2.75, 3.05) is 19.6 Å². The fourth-order valence-corrected chi connectivity index (χ4v) is 3.71. The molecule has 0 spiro atoms. The van der Waals surface area contributed by atoms with Gasteiger partial charge in [-0.1, -0.05) is 24.1 Å². The van der Waals surface area contributed by atoms with Crippen molar-refractivity contribution in [3.05, 3.63) is 29.0 Å². The van der Waals surface area contributed by atoms with E-state index < -0.39 is 0 Å². The topological polar surface area (TPSA) is 21.1 Å². The maximum absolute atomic E-state index is 6.27. The molecule has 1 aliphatic heterocycles. The standard InChI is InChI=1S/C16H21Cl2N3/c1-12(11-20-8-3-2-4-9-20)21-14-7-5-6-13(18)16(14)19-15(21)10-17/h5-7,12H,2-4,8-11H2,1H3. The molecule has 1 unspecified atom stereocenters. The van der Waals surface area contributed by atoms with Crippen molar-refractivity contribution < 1.29 is 0 Å². The summed E-state index contributed by atoms with van der Waals surface area (Å²) in [7, 11) is 0. The molecule has 5 heteroatoms. The minimum absolute atomic E-state index is 0.348. The maximum Gasteiger partial charge on any atom is 0.125 e. The van der Waals surface area contributed by atoms with Crippen molar-refractivity contribution in [3.63, 3.8) is 0 Å². The minimum atomic E-state index is 0.348. The molecule has 0 saturated carbocycles. The van der Waals surface area contributed by atoms with Crippen LogP contribution in [0.3, 0.4) is 0 Å². The van der Waals surface area contributed by atoms with Crippen LogP contribution in [0.5, 0.6) is 0 Å². The number of nitrogens with zero attached hydrogens (tertiary/aromatic N) is 3. The van der Waals surface area contributed by atoms with Gasteiger partial charge in [0.15, 0.2) is 0 Å². The highest BCUT2D eigenvalue weighted by atomic mass is 35.5. The second kappa shape index (κ2) is 6.55. The van der Waals surface area contributed by atoms with Gasteiger partial charge in [-0.15, -0.1) is 11.6 Å². The number of halogens is 2. The number of fused-ring (bicyclic) bond motifs is 1. The molecule has 1 fully saturated rings. The van der Waals surface area contributed by atoms with E-state index in [0.717, 1.165) is 23.4 Å². The summed E-state index contributed by atoms with van der Waals surface area (Å²) in [5.74, 6) is 1.32. The van der Waals surface area contributed by atoms with E-state index in [0.29, 0.717) is 16.9 Å². The highest BCUT2D eigenvalue weighted by Gasteiger charge is 2.20. The lowest BCUT2D eigenvalue weighted by Crippen LogP contribution is -2.34. The van der Waals surface area contributed by atoms with Gasteiger partial charge in [0.2, 0.25) is 0 Å². The van der Waals surface area contributed by atoms with Crippen LogP contribution in [0, 0.1) is 0 Å². The van der Waals surface area contributed by atoms with Gasteiger partial charge in [0, 0.05) is 12.6 Å². The van der Waals surface area contributed by atoms with E-state index in [1.165, 1.54) is 32.4 Å². The van der Waals surface area contributed by atoms with E-state index in [4.69, 9.17) is 23.2 Å². The number of likely N-dealkylation sites (tertiary alicyclic amines) is 1. The fourth-order valence-electron chi connectivity index (χ4n) is 3.31. The molecule has 1 aromatic heterocycles. The molecule has 114 valence electrons. The van der Waals surface area contributed by atoms with Crippen LogP contribution < -0.4 is 0 Å². The van der Waals surface area contributed by atoms with Crippen molar-refractivity contribution in [3.8, 4) is 0 Å². The van der Waals surface area contributed by atoms with Crippen molar-refractivity contribution in [2.45, 2.75) is 38.1 Å². The molecular formula is C16H21Cl2N3. The van der Waals surface area contributed by atoms with Crippen molar-refractivity contribution in [1.29, 1.82) is 0 Å². The summed E-state index contributed by atoms with van der Waals surface area (Å²) in [4.78, 5) is 7.17. The van der Waals surface area contributed by atoms with E-state index in [1.54, 1.807) is 0 Å². The average molecular weight is 326 g/mol. The Morgan fingerprint density at radius 1 is 1.24 bits per heavy atom. The molecular weight excluding hydrogens is 305 g/mol. The van der Waals surface area contributed by atoms with Crippen molar-refractivity contribution in [2.24, 2.45) is 0 Å². The molecule has 3 nitrogen and oxygen atoms in total. The van der Waals surface area contributed by atoms with Gasteiger partial charge in [-0.25, -0.2) is 4.98 Å². The van der Waals surface area contributed by atoms with Gasteiger partial charge in [-0.05, 0) is 45.0 Å². The summed E-state index contributed by atoms with van der Waals surface area (Å²) in [6, 6.07) is 6.29. The van der Waals surface area contributed by atoms with Crippen molar-refractivity contribution in [1.82, 2.24) is 14.5 Å². The first-order valence-electron chi connectivity index (χ1n) is 7.64. The van der Waals surface area contributed by atoms with E-state index in [2.05, 4.69) is 27.4 Å². The molecule has 0 amide bonds. The van der Waals surface area contributed by atoms with Crippen molar-refractivity contribution >= 4 is 34.2 Å². The Balaban J connectivity index is 1.92. The highest BCUT2D eigenvalue weighted by molar-refractivity contribution is 6.35. The molecule has 1 saturated heterocycles. The summed E-state index contributed by atoms with van der Waals surface area (Å²) in [6.07, 6.45) is 3.98. The molecule has 0 aliphatic carbocycles. The van der Waals surface area contributed by atoms with Gasteiger partial charge in [0.25, 0.3) is 0 Å². The first-order valence-corrected chi connectivity index (χ1v) is 8.55. The highest BCUT2D eigenvalue weighted by Crippen LogP contribution is 2.28. The summed E-state index contributed by atoms with van der Waals surface area (Å²) in [5, 5.41) is 0.697. The predicted octanol–water partition coefficient (Wildman–Crippen LogP) is 4.48. The lowest BCUT2D eigenvalue weighted by molar-refractivity contribution is 0.202. The number of benzene rings is 1. The monoisotopic (exact) mass is 325 g/mol. The van der Waals surface area contributed by atoms with Gasteiger partial charge in [-0.3, -0.25) is 0 Å². The lowest BCUT2D eigenvalue weighted by Gasteiger charge is -2.30. The van der Waals surface area contributed by atoms with Crippen LogP contribution in [0.1, 0.15) is 38.1 Å². The number of imidazole rings is 1. The molecule has 1 atom stereocenters. The third-order valence-electron chi connectivity index (χ3n) is 4.28. The smallest absolute Gasteiger partial charge is 0.125 e. The normalized spacial score (nSPS) is 18.2.